The predicted octanol–water partition coefficient (Wildman–Crippen LogP) is 4.54. The van der Waals surface area contributed by atoms with Crippen molar-refractivity contribution in [2.45, 2.75) is 97.3 Å². The van der Waals surface area contributed by atoms with Gasteiger partial charge in [-0.15, -0.1) is 0 Å². The summed E-state index contributed by atoms with van der Waals surface area (Å²) in [6.45, 7) is 4.24. The van der Waals surface area contributed by atoms with Gasteiger partial charge in [-0.05, 0) is 80.3 Å². The number of ketones is 2. The molecule has 2 unspecified atom stereocenters. The maximum absolute atomic E-state index is 13.4. The lowest BCUT2D eigenvalue weighted by Gasteiger charge is -2.18. The number of amides is 8. The van der Waals surface area contributed by atoms with Gasteiger partial charge in [-0.1, -0.05) is 51.0 Å². The number of unbranched alkanes of at least 4 members (excludes halogenated alkanes) is 2. The standard InChI is InChI=1S/C45H52N4O10/c1-3-30-14-18-32(19-15-30)42(56)46-44(58)34(10-5-7-26-48-38(52)22-23-39(48)53)28-36(50)12-9-13-37(51)29-35(11-6-8-27-49-40(54)24-25-41(49)55)45(59)47-43(57)33-20-16-31(4-2)17-21-33/h14-25,34-35H,3-13,26-29H2,1-2H3,(H,46,56,58)(H,47,57,59). The molecule has 0 aromatic heterocycles. The van der Waals surface area contributed by atoms with Crippen LogP contribution in [0, 0.1) is 11.8 Å². The Kier molecular flexibility index (Phi) is 17.5. The molecule has 0 fully saturated rings. The molecule has 8 amide bonds. The molecule has 2 aliphatic heterocycles. The average molecular weight is 809 g/mol. The maximum atomic E-state index is 13.4. The number of imide groups is 4. The number of carbonyl (C=O) groups excluding carboxylic acids is 10. The molecule has 0 saturated carbocycles. The van der Waals surface area contributed by atoms with E-state index in [0.717, 1.165) is 33.8 Å². The van der Waals surface area contributed by atoms with E-state index in [1.165, 1.54) is 24.3 Å². The highest BCUT2D eigenvalue weighted by atomic mass is 16.2. The normalized spacial score (nSPS) is 14.5. The molecule has 4 rings (SSSR count). The number of carbonyl (C=O) groups is 10. The Morgan fingerprint density at radius 3 is 1.15 bits per heavy atom. The van der Waals surface area contributed by atoms with Crippen LogP contribution >= 0.6 is 0 Å². The summed E-state index contributed by atoms with van der Waals surface area (Å²) in [4.78, 5) is 129. The number of Topliss-reactive ketones (excluding diaryl/α,β-unsaturated/α-hetero) is 2. The van der Waals surface area contributed by atoms with Crippen molar-refractivity contribution in [3.63, 3.8) is 0 Å². The first-order valence-electron chi connectivity index (χ1n) is 20.3. The van der Waals surface area contributed by atoms with E-state index in [4.69, 9.17) is 0 Å². The third-order valence-corrected chi connectivity index (χ3v) is 10.5. The number of rotatable bonds is 24. The van der Waals surface area contributed by atoms with Crippen LogP contribution in [-0.4, -0.2) is 81.7 Å². The Balaban J connectivity index is 1.32. The van der Waals surface area contributed by atoms with E-state index >= 15 is 0 Å². The molecule has 0 radical (unpaired) electrons. The van der Waals surface area contributed by atoms with E-state index in [9.17, 15) is 47.9 Å². The fourth-order valence-corrected chi connectivity index (χ4v) is 6.87. The average Bonchev–Trinajstić information content (AvgIpc) is 3.73. The smallest absolute Gasteiger partial charge is 0.257 e. The van der Waals surface area contributed by atoms with E-state index in [1.54, 1.807) is 48.5 Å². The topological polar surface area (TPSA) is 201 Å². The van der Waals surface area contributed by atoms with Crippen molar-refractivity contribution >= 4 is 58.8 Å². The highest BCUT2D eigenvalue weighted by Crippen LogP contribution is 2.20. The van der Waals surface area contributed by atoms with Gasteiger partial charge in [0.15, 0.2) is 0 Å². The number of aryl methyl sites for hydroxylation is 2. The lowest BCUT2D eigenvalue weighted by molar-refractivity contribution is -0.138. The van der Waals surface area contributed by atoms with Crippen molar-refractivity contribution in [1.29, 1.82) is 0 Å². The molecule has 2 aromatic rings. The van der Waals surface area contributed by atoms with Gasteiger partial charge in [0.2, 0.25) is 11.8 Å². The lowest BCUT2D eigenvalue weighted by atomic mass is 9.91. The first-order valence-corrected chi connectivity index (χ1v) is 20.3. The minimum absolute atomic E-state index is 0.0422. The Hall–Kier alpha value is -6.18. The first-order chi connectivity index (χ1) is 28.3. The van der Waals surface area contributed by atoms with Crippen LogP contribution in [-0.2, 0) is 51.2 Å². The molecule has 0 aliphatic carbocycles. The third-order valence-electron chi connectivity index (χ3n) is 10.5. The minimum atomic E-state index is -0.883. The Morgan fingerprint density at radius 1 is 0.492 bits per heavy atom. The fraction of sp³-hybridized carbons (Fsp3) is 0.422. The van der Waals surface area contributed by atoms with Crippen molar-refractivity contribution in [2.75, 3.05) is 13.1 Å². The van der Waals surface area contributed by atoms with Crippen LogP contribution in [0.25, 0.3) is 0 Å². The summed E-state index contributed by atoms with van der Waals surface area (Å²) in [7, 11) is 0. The summed E-state index contributed by atoms with van der Waals surface area (Å²) in [5.41, 5.74) is 2.61. The van der Waals surface area contributed by atoms with Crippen molar-refractivity contribution in [3.05, 3.63) is 95.1 Å². The molecule has 2 heterocycles. The lowest BCUT2D eigenvalue weighted by Crippen LogP contribution is -2.37. The van der Waals surface area contributed by atoms with Crippen LogP contribution < -0.4 is 10.6 Å². The second-order valence-electron chi connectivity index (χ2n) is 14.8. The zero-order chi connectivity index (χ0) is 42.9. The molecule has 2 aromatic carbocycles. The fourth-order valence-electron chi connectivity index (χ4n) is 6.87. The minimum Gasteiger partial charge on any atom is -0.300 e. The SMILES string of the molecule is CCc1ccc(C(=O)NC(=O)C(CCCCN2C(=O)C=CC2=O)CC(=O)CCCC(=O)CC(CCCCN2C(=O)C=CC2=O)C(=O)NC(=O)c2ccc(CC)cc2)cc1. The zero-order valence-corrected chi connectivity index (χ0v) is 33.7. The van der Waals surface area contributed by atoms with Gasteiger partial charge in [-0.2, -0.15) is 0 Å². The van der Waals surface area contributed by atoms with Gasteiger partial charge in [-0.3, -0.25) is 68.4 Å². The predicted molar refractivity (Wildman–Crippen MR) is 216 cm³/mol. The van der Waals surface area contributed by atoms with E-state index in [0.29, 0.717) is 25.7 Å². The summed E-state index contributed by atoms with van der Waals surface area (Å²) >= 11 is 0. The quantitative estimate of drug-likeness (QED) is 0.112. The van der Waals surface area contributed by atoms with Crippen LogP contribution in [0.2, 0.25) is 0 Å². The van der Waals surface area contributed by atoms with Gasteiger partial charge in [0, 0.05) is 86.0 Å². The summed E-state index contributed by atoms with van der Waals surface area (Å²) in [5.74, 6) is -6.53. The van der Waals surface area contributed by atoms with E-state index in [-0.39, 0.29) is 80.7 Å². The Bertz CT molecular complexity index is 1810. The van der Waals surface area contributed by atoms with Gasteiger partial charge >= 0.3 is 0 Å². The highest BCUT2D eigenvalue weighted by Gasteiger charge is 2.28. The summed E-state index contributed by atoms with van der Waals surface area (Å²) in [6.07, 6.45) is 7.91. The Labute approximate surface area is 343 Å². The van der Waals surface area contributed by atoms with E-state index in [2.05, 4.69) is 10.6 Å². The molecular weight excluding hydrogens is 757 g/mol. The van der Waals surface area contributed by atoms with Gasteiger partial charge in [-0.25, -0.2) is 0 Å². The second kappa shape index (κ2) is 22.7. The molecule has 2 atom stereocenters. The number of hydrogen-bond acceptors (Lipinski definition) is 10. The molecule has 312 valence electrons. The summed E-state index contributed by atoms with van der Waals surface area (Å²) in [6, 6.07) is 13.6. The van der Waals surface area contributed by atoms with E-state index < -0.39 is 59.1 Å². The van der Waals surface area contributed by atoms with E-state index in [1.807, 2.05) is 13.8 Å². The molecular formula is C45H52N4O10. The van der Waals surface area contributed by atoms with Crippen LogP contribution in [0.3, 0.4) is 0 Å². The zero-order valence-electron chi connectivity index (χ0n) is 33.7. The summed E-state index contributed by atoms with van der Waals surface area (Å²) in [5, 5.41) is 4.80. The number of hydrogen-bond donors (Lipinski definition) is 2. The highest BCUT2D eigenvalue weighted by molar-refractivity contribution is 6.13. The van der Waals surface area contributed by atoms with Crippen molar-refractivity contribution in [3.8, 4) is 0 Å². The van der Waals surface area contributed by atoms with Gasteiger partial charge in [0.25, 0.3) is 35.4 Å². The van der Waals surface area contributed by atoms with Crippen LogP contribution in [0.5, 0.6) is 0 Å². The largest absolute Gasteiger partial charge is 0.300 e. The molecule has 2 aliphatic rings. The van der Waals surface area contributed by atoms with Gasteiger partial charge < -0.3 is 0 Å². The van der Waals surface area contributed by atoms with Gasteiger partial charge in [0.05, 0.1) is 0 Å². The monoisotopic (exact) mass is 808 g/mol. The molecule has 14 heteroatoms. The van der Waals surface area contributed by atoms with Crippen LogP contribution in [0.15, 0.2) is 72.8 Å². The van der Waals surface area contributed by atoms with Gasteiger partial charge in [0.1, 0.15) is 11.6 Å². The molecule has 14 nitrogen and oxygen atoms in total. The summed E-state index contributed by atoms with van der Waals surface area (Å²) < 4.78 is 0. The Morgan fingerprint density at radius 2 is 0.831 bits per heavy atom. The number of nitrogens with one attached hydrogen (secondary N) is 2. The third kappa shape index (κ3) is 14.0. The van der Waals surface area contributed by atoms with Crippen molar-refractivity contribution in [1.82, 2.24) is 20.4 Å². The molecule has 0 bridgehead atoms. The van der Waals surface area contributed by atoms with Crippen molar-refractivity contribution < 1.29 is 47.9 Å². The molecule has 2 N–H and O–H groups in total. The molecule has 59 heavy (non-hydrogen) atoms. The number of nitrogens with zero attached hydrogens (tertiary/aromatic N) is 2. The maximum Gasteiger partial charge on any atom is 0.257 e. The first kappa shape index (κ1) is 45.5. The van der Waals surface area contributed by atoms with Crippen LogP contribution in [0.4, 0.5) is 0 Å². The molecule has 0 saturated heterocycles. The van der Waals surface area contributed by atoms with Crippen molar-refractivity contribution in [2.24, 2.45) is 11.8 Å². The van der Waals surface area contributed by atoms with Crippen LogP contribution in [0.1, 0.15) is 116 Å². The molecule has 0 spiro atoms. The second-order valence-corrected chi connectivity index (χ2v) is 14.8. The number of benzene rings is 2.